The Morgan fingerprint density at radius 3 is 2.60 bits per heavy atom. The summed E-state index contributed by atoms with van der Waals surface area (Å²) in [6.07, 6.45) is 3.76. The molecule has 0 aliphatic heterocycles. The molecular formula is C14H14N2O4. The summed E-state index contributed by atoms with van der Waals surface area (Å²) in [6.45, 7) is 0.166. The van der Waals surface area contributed by atoms with Gasteiger partial charge in [0.2, 0.25) is 0 Å². The molecule has 0 saturated carbocycles. The van der Waals surface area contributed by atoms with Gasteiger partial charge in [0.15, 0.2) is 0 Å². The fourth-order valence-electron chi connectivity index (χ4n) is 1.89. The maximum atomic E-state index is 11.9. The van der Waals surface area contributed by atoms with E-state index in [9.17, 15) is 14.4 Å². The number of nitrogens with zero attached hydrogens (tertiary/aromatic N) is 2. The molecule has 1 aromatic heterocycles. The zero-order valence-corrected chi connectivity index (χ0v) is 11.2. The number of carbonyl (C=O) groups is 1. The minimum atomic E-state index is -0.617. The van der Waals surface area contributed by atoms with E-state index in [1.807, 2.05) is 0 Å². The van der Waals surface area contributed by atoms with Gasteiger partial charge in [-0.1, -0.05) is 0 Å². The molecule has 0 radical (unpaired) electrons. The lowest BCUT2D eigenvalue weighted by Gasteiger charge is -2.11. The zero-order chi connectivity index (χ0) is 14.7. The summed E-state index contributed by atoms with van der Waals surface area (Å²) in [6, 6.07) is 4.92. The normalized spacial score (nSPS) is 10.3. The van der Waals surface area contributed by atoms with E-state index in [1.165, 1.54) is 35.7 Å². The maximum absolute atomic E-state index is 11.9. The third-order valence-corrected chi connectivity index (χ3v) is 3.02. The number of benzene rings is 1. The van der Waals surface area contributed by atoms with Crippen molar-refractivity contribution in [1.82, 2.24) is 9.13 Å². The Morgan fingerprint density at radius 1 is 1.20 bits per heavy atom. The van der Waals surface area contributed by atoms with Crippen LogP contribution in [0.3, 0.4) is 0 Å². The third kappa shape index (κ3) is 2.54. The fraction of sp³-hybridized carbons (Fsp3) is 0.214. The molecule has 0 fully saturated rings. The Morgan fingerprint density at radius 2 is 1.95 bits per heavy atom. The molecular weight excluding hydrogens is 260 g/mol. The van der Waals surface area contributed by atoms with Crippen LogP contribution in [0.2, 0.25) is 0 Å². The van der Waals surface area contributed by atoms with Gasteiger partial charge in [-0.25, -0.2) is 0 Å². The highest BCUT2D eigenvalue weighted by atomic mass is 16.5. The molecule has 0 spiro atoms. The van der Waals surface area contributed by atoms with Crippen LogP contribution in [0.1, 0.15) is 15.9 Å². The van der Waals surface area contributed by atoms with Gasteiger partial charge in [-0.05, 0) is 18.2 Å². The molecule has 6 nitrogen and oxygen atoms in total. The molecule has 0 saturated heterocycles. The van der Waals surface area contributed by atoms with Gasteiger partial charge in [0.1, 0.15) is 12.0 Å². The van der Waals surface area contributed by atoms with E-state index >= 15 is 0 Å². The van der Waals surface area contributed by atoms with Gasteiger partial charge in [-0.15, -0.1) is 0 Å². The van der Waals surface area contributed by atoms with Crippen molar-refractivity contribution in [3.63, 3.8) is 0 Å². The minimum Gasteiger partial charge on any atom is -0.496 e. The van der Waals surface area contributed by atoms with Crippen LogP contribution < -0.4 is 15.9 Å². The molecule has 0 aliphatic carbocycles. The van der Waals surface area contributed by atoms with Gasteiger partial charge in [0.25, 0.3) is 0 Å². The summed E-state index contributed by atoms with van der Waals surface area (Å²) in [7, 11) is 3.02. The quantitative estimate of drug-likeness (QED) is 0.598. The second-order valence-electron chi connectivity index (χ2n) is 4.34. The fourth-order valence-corrected chi connectivity index (χ4v) is 1.89. The summed E-state index contributed by atoms with van der Waals surface area (Å²) < 4.78 is 7.70. The molecule has 6 heteroatoms. The highest BCUT2D eigenvalue weighted by Gasteiger charge is 2.08. The van der Waals surface area contributed by atoms with Gasteiger partial charge in [0, 0.05) is 30.6 Å². The molecule has 20 heavy (non-hydrogen) atoms. The van der Waals surface area contributed by atoms with Crippen molar-refractivity contribution in [3.05, 3.63) is 62.4 Å². The van der Waals surface area contributed by atoms with Crippen LogP contribution in [-0.2, 0) is 13.6 Å². The topological polar surface area (TPSA) is 70.3 Å². The monoisotopic (exact) mass is 274 g/mol. The van der Waals surface area contributed by atoms with Crippen LogP contribution in [0, 0.1) is 0 Å². The number of aldehydes is 1. The predicted octanol–water partition coefficient (Wildman–Crippen LogP) is 0.416. The van der Waals surface area contributed by atoms with E-state index in [0.717, 1.165) is 6.29 Å². The SMILES string of the molecule is COc1ccc(C=O)cc1Cn1ccn(C)c(=O)c1=O. The van der Waals surface area contributed by atoms with Gasteiger partial charge in [0.05, 0.1) is 13.7 Å². The predicted molar refractivity (Wildman–Crippen MR) is 73.4 cm³/mol. The first kappa shape index (κ1) is 13.8. The molecule has 0 N–H and O–H groups in total. The lowest BCUT2D eigenvalue weighted by molar-refractivity contribution is 0.112. The van der Waals surface area contributed by atoms with Crippen molar-refractivity contribution in [1.29, 1.82) is 0 Å². The number of rotatable bonds is 4. The lowest BCUT2D eigenvalue weighted by atomic mass is 10.1. The highest BCUT2D eigenvalue weighted by molar-refractivity contribution is 5.75. The average molecular weight is 274 g/mol. The average Bonchev–Trinajstić information content (AvgIpc) is 2.47. The number of hydrogen-bond acceptors (Lipinski definition) is 4. The van der Waals surface area contributed by atoms with E-state index < -0.39 is 11.1 Å². The van der Waals surface area contributed by atoms with Gasteiger partial charge >= 0.3 is 11.1 Å². The van der Waals surface area contributed by atoms with Crippen LogP contribution in [0.25, 0.3) is 0 Å². The number of carbonyl (C=O) groups excluding carboxylic acids is 1. The Bertz CT molecular complexity index is 758. The summed E-state index contributed by atoms with van der Waals surface area (Å²) in [5.41, 5.74) is -0.0725. The zero-order valence-electron chi connectivity index (χ0n) is 11.2. The molecule has 2 aromatic rings. The van der Waals surface area contributed by atoms with Crippen molar-refractivity contribution in [2.75, 3.05) is 7.11 Å². The smallest absolute Gasteiger partial charge is 0.316 e. The molecule has 1 heterocycles. The molecule has 104 valence electrons. The molecule has 2 rings (SSSR count). The van der Waals surface area contributed by atoms with Gasteiger partial charge < -0.3 is 13.9 Å². The number of ether oxygens (including phenoxy) is 1. The molecule has 1 aromatic carbocycles. The first-order valence-corrected chi connectivity index (χ1v) is 5.95. The van der Waals surface area contributed by atoms with Crippen LogP contribution in [-0.4, -0.2) is 22.5 Å². The van der Waals surface area contributed by atoms with E-state index in [-0.39, 0.29) is 6.54 Å². The molecule has 0 atom stereocenters. The van der Waals surface area contributed by atoms with Crippen LogP contribution in [0.15, 0.2) is 40.2 Å². The summed E-state index contributed by atoms with van der Waals surface area (Å²) in [5, 5.41) is 0. The number of methoxy groups -OCH3 is 1. The minimum absolute atomic E-state index is 0.166. The largest absolute Gasteiger partial charge is 0.496 e. The Labute approximate surface area is 114 Å². The number of aromatic nitrogens is 2. The summed E-state index contributed by atoms with van der Waals surface area (Å²) >= 11 is 0. The van der Waals surface area contributed by atoms with Gasteiger partial charge in [-0.3, -0.25) is 14.4 Å². The standard InChI is InChI=1S/C14H14N2O4/c1-15-5-6-16(14(19)13(15)18)8-11-7-10(9-17)3-4-12(11)20-2/h3-7,9H,8H2,1-2H3. The van der Waals surface area contributed by atoms with Crippen LogP contribution in [0.4, 0.5) is 0 Å². The van der Waals surface area contributed by atoms with E-state index in [1.54, 1.807) is 18.2 Å². The van der Waals surface area contributed by atoms with E-state index in [0.29, 0.717) is 16.9 Å². The second kappa shape index (κ2) is 5.56. The van der Waals surface area contributed by atoms with Crippen LogP contribution in [0.5, 0.6) is 5.75 Å². The number of hydrogen-bond donors (Lipinski definition) is 0. The summed E-state index contributed by atoms with van der Waals surface area (Å²) in [4.78, 5) is 34.3. The van der Waals surface area contributed by atoms with Crippen molar-refractivity contribution in [3.8, 4) is 5.75 Å². The highest BCUT2D eigenvalue weighted by Crippen LogP contribution is 2.19. The van der Waals surface area contributed by atoms with E-state index in [4.69, 9.17) is 4.74 Å². The summed E-state index contributed by atoms with van der Waals surface area (Å²) in [5.74, 6) is 0.558. The maximum Gasteiger partial charge on any atom is 0.316 e. The van der Waals surface area contributed by atoms with Crippen molar-refractivity contribution >= 4 is 6.29 Å². The van der Waals surface area contributed by atoms with Crippen molar-refractivity contribution in [2.24, 2.45) is 7.05 Å². The Kier molecular flexibility index (Phi) is 3.84. The third-order valence-electron chi connectivity index (χ3n) is 3.02. The number of aryl methyl sites for hydroxylation is 1. The Hall–Kier alpha value is -2.63. The molecule has 0 unspecified atom stereocenters. The molecule has 0 amide bonds. The Balaban J connectivity index is 2.49. The molecule has 0 bridgehead atoms. The first-order valence-electron chi connectivity index (χ1n) is 5.95. The second-order valence-corrected chi connectivity index (χ2v) is 4.34. The van der Waals surface area contributed by atoms with E-state index in [2.05, 4.69) is 0 Å². The molecule has 0 aliphatic rings. The van der Waals surface area contributed by atoms with Crippen molar-refractivity contribution < 1.29 is 9.53 Å². The first-order chi connectivity index (χ1) is 9.56. The van der Waals surface area contributed by atoms with Gasteiger partial charge in [-0.2, -0.15) is 0 Å². The van der Waals surface area contributed by atoms with Crippen LogP contribution >= 0.6 is 0 Å². The lowest BCUT2D eigenvalue weighted by Crippen LogP contribution is -2.39. The van der Waals surface area contributed by atoms with Crippen molar-refractivity contribution in [2.45, 2.75) is 6.54 Å².